The Hall–Kier alpha value is -2.13. The van der Waals surface area contributed by atoms with Crippen molar-refractivity contribution in [2.24, 2.45) is 0 Å². The van der Waals surface area contributed by atoms with Gasteiger partial charge >= 0.3 is 0 Å². The number of nitro benzene ring substituents is 1. The lowest BCUT2D eigenvalue weighted by Crippen LogP contribution is -2.26. The molecule has 0 aliphatic carbocycles. The minimum absolute atomic E-state index is 0.00385. The van der Waals surface area contributed by atoms with Gasteiger partial charge in [-0.3, -0.25) is 10.1 Å². The van der Waals surface area contributed by atoms with Crippen molar-refractivity contribution in [1.82, 2.24) is 5.32 Å². The lowest BCUT2D eigenvalue weighted by molar-refractivity contribution is -0.385. The van der Waals surface area contributed by atoms with Gasteiger partial charge in [-0.1, -0.05) is 0 Å². The number of benzene rings is 1. The molecule has 1 N–H and O–H groups in total. The first kappa shape index (κ1) is 12.9. The van der Waals surface area contributed by atoms with Crippen LogP contribution in [0.2, 0.25) is 0 Å². The molecule has 90 valence electrons. The zero-order valence-corrected chi connectivity index (χ0v) is 9.64. The molecule has 1 rings (SSSR count). The molecule has 0 radical (unpaired) electrons. The van der Waals surface area contributed by atoms with Gasteiger partial charge in [-0.2, -0.15) is 5.26 Å². The monoisotopic (exact) mass is 235 g/mol. The normalized spacial score (nSPS) is 11.6. The van der Waals surface area contributed by atoms with Crippen molar-refractivity contribution in [3.05, 3.63) is 33.9 Å². The molecule has 0 amide bonds. The van der Waals surface area contributed by atoms with Crippen molar-refractivity contribution in [1.29, 1.82) is 5.26 Å². The van der Waals surface area contributed by atoms with E-state index < -0.39 is 4.92 Å². The van der Waals surface area contributed by atoms with Crippen LogP contribution in [0, 0.1) is 21.4 Å². The molecule has 17 heavy (non-hydrogen) atoms. The highest BCUT2D eigenvalue weighted by atomic mass is 16.6. The van der Waals surface area contributed by atoms with Crippen molar-refractivity contribution in [3.8, 4) is 11.8 Å². The van der Waals surface area contributed by atoms with Crippen molar-refractivity contribution in [2.75, 3.05) is 13.6 Å². The summed E-state index contributed by atoms with van der Waals surface area (Å²) in [4.78, 5) is 10.0. The standard InChI is InChI=1S/C11H13N3O3/c1-8(7-13-2)17-10-3-4-11(14(15)16)9(5-10)6-12/h3-5,8,13H,7H2,1-2H3. The molecular formula is C11H13N3O3. The molecule has 1 unspecified atom stereocenters. The summed E-state index contributed by atoms with van der Waals surface area (Å²) >= 11 is 0. The number of nitrogens with zero attached hydrogens (tertiary/aromatic N) is 2. The topological polar surface area (TPSA) is 88.2 Å². The van der Waals surface area contributed by atoms with Gasteiger partial charge in [0.25, 0.3) is 5.69 Å². The van der Waals surface area contributed by atoms with Crippen LogP contribution in [0.3, 0.4) is 0 Å². The van der Waals surface area contributed by atoms with Gasteiger partial charge in [-0.15, -0.1) is 0 Å². The van der Waals surface area contributed by atoms with E-state index in [0.29, 0.717) is 12.3 Å². The summed E-state index contributed by atoms with van der Waals surface area (Å²) in [5, 5.41) is 22.4. The van der Waals surface area contributed by atoms with E-state index in [0.717, 1.165) is 0 Å². The van der Waals surface area contributed by atoms with E-state index in [9.17, 15) is 10.1 Å². The summed E-state index contributed by atoms with van der Waals surface area (Å²) in [6, 6.07) is 5.93. The van der Waals surface area contributed by atoms with Gasteiger partial charge in [-0.05, 0) is 20.0 Å². The molecule has 0 aliphatic rings. The Balaban J connectivity index is 2.91. The number of hydrogen-bond donors (Lipinski definition) is 1. The number of rotatable bonds is 5. The molecule has 1 atom stereocenters. The van der Waals surface area contributed by atoms with Gasteiger partial charge in [0, 0.05) is 18.7 Å². The van der Waals surface area contributed by atoms with Crippen molar-refractivity contribution in [2.45, 2.75) is 13.0 Å². The molecule has 6 heteroatoms. The van der Waals surface area contributed by atoms with E-state index in [1.807, 2.05) is 6.92 Å². The lowest BCUT2D eigenvalue weighted by atomic mass is 10.2. The number of nitro groups is 1. The Morgan fingerprint density at radius 2 is 2.35 bits per heavy atom. The smallest absolute Gasteiger partial charge is 0.287 e. The minimum Gasteiger partial charge on any atom is -0.489 e. The average molecular weight is 235 g/mol. The van der Waals surface area contributed by atoms with E-state index in [1.54, 1.807) is 13.1 Å². The van der Waals surface area contributed by atoms with E-state index in [1.165, 1.54) is 18.2 Å². The van der Waals surface area contributed by atoms with Crippen molar-refractivity contribution < 1.29 is 9.66 Å². The van der Waals surface area contributed by atoms with Gasteiger partial charge in [0.05, 0.1) is 4.92 Å². The molecule has 1 aromatic carbocycles. The third-order valence-electron chi connectivity index (χ3n) is 2.11. The van der Waals surface area contributed by atoms with Crippen LogP contribution in [-0.4, -0.2) is 24.6 Å². The van der Waals surface area contributed by atoms with Gasteiger partial charge in [-0.25, -0.2) is 0 Å². The van der Waals surface area contributed by atoms with Gasteiger partial charge < -0.3 is 10.1 Å². The Morgan fingerprint density at radius 1 is 1.65 bits per heavy atom. The van der Waals surface area contributed by atoms with Crippen LogP contribution in [0.15, 0.2) is 18.2 Å². The van der Waals surface area contributed by atoms with Gasteiger partial charge in [0.1, 0.15) is 23.5 Å². The second-order valence-corrected chi connectivity index (χ2v) is 3.53. The highest BCUT2D eigenvalue weighted by Gasteiger charge is 2.14. The quantitative estimate of drug-likeness (QED) is 0.616. The number of nitrogens with one attached hydrogen (secondary N) is 1. The first-order valence-corrected chi connectivity index (χ1v) is 5.08. The largest absolute Gasteiger partial charge is 0.489 e. The summed E-state index contributed by atoms with van der Waals surface area (Å²) in [5.74, 6) is 0.454. The molecule has 0 aromatic heterocycles. The molecule has 6 nitrogen and oxygen atoms in total. The molecule has 0 saturated carbocycles. The van der Waals surface area contributed by atoms with E-state index in [2.05, 4.69) is 5.32 Å². The predicted octanol–water partition coefficient (Wildman–Crippen LogP) is 1.45. The molecule has 1 aromatic rings. The molecular weight excluding hydrogens is 222 g/mol. The average Bonchev–Trinajstić information content (AvgIpc) is 2.28. The Morgan fingerprint density at radius 3 is 2.88 bits per heavy atom. The number of hydrogen-bond acceptors (Lipinski definition) is 5. The Labute approximate surface area is 99.0 Å². The maximum Gasteiger partial charge on any atom is 0.287 e. The highest BCUT2D eigenvalue weighted by Crippen LogP contribution is 2.23. The van der Waals surface area contributed by atoms with Crippen LogP contribution >= 0.6 is 0 Å². The third-order valence-corrected chi connectivity index (χ3v) is 2.11. The number of likely N-dealkylation sites (N-methyl/N-ethyl adjacent to an activating group) is 1. The van der Waals surface area contributed by atoms with Crippen LogP contribution < -0.4 is 10.1 Å². The van der Waals surface area contributed by atoms with E-state index >= 15 is 0 Å². The molecule has 0 fully saturated rings. The van der Waals surface area contributed by atoms with Crippen LogP contribution in [0.5, 0.6) is 5.75 Å². The van der Waals surface area contributed by atoms with Crippen LogP contribution in [0.4, 0.5) is 5.69 Å². The van der Waals surface area contributed by atoms with E-state index in [-0.39, 0.29) is 17.4 Å². The first-order chi connectivity index (χ1) is 8.08. The maximum absolute atomic E-state index is 10.6. The van der Waals surface area contributed by atoms with Crippen LogP contribution in [-0.2, 0) is 0 Å². The second-order valence-electron chi connectivity index (χ2n) is 3.53. The fourth-order valence-electron chi connectivity index (χ4n) is 1.40. The fraction of sp³-hybridized carbons (Fsp3) is 0.364. The lowest BCUT2D eigenvalue weighted by Gasteiger charge is -2.14. The highest BCUT2D eigenvalue weighted by molar-refractivity contribution is 5.52. The molecule has 0 saturated heterocycles. The third kappa shape index (κ3) is 3.43. The maximum atomic E-state index is 10.6. The van der Waals surface area contributed by atoms with E-state index in [4.69, 9.17) is 10.00 Å². The molecule has 0 spiro atoms. The van der Waals surface area contributed by atoms with Crippen molar-refractivity contribution >= 4 is 5.69 Å². The SMILES string of the molecule is CNCC(C)Oc1ccc([N+](=O)[O-])c(C#N)c1. The summed E-state index contributed by atoms with van der Waals surface area (Å²) in [6.45, 7) is 2.52. The number of nitriles is 1. The van der Waals surface area contributed by atoms with Crippen LogP contribution in [0.1, 0.15) is 12.5 Å². The Kier molecular flexibility index (Phi) is 4.43. The summed E-state index contributed by atoms with van der Waals surface area (Å²) < 4.78 is 5.50. The summed E-state index contributed by atoms with van der Waals surface area (Å²) in [5.41, 5.74) is -0.203. The second kappa shape index (κ2) is 5.82. The predicted molar refractivity (Wildman–Crippen MR) is 61.8 cm³/mol. The molecule has 0 heterocycles. The zero-order chi connectivity index (χ0) is 12.8. The fourth-order valence-corrected chi connectivity index (χ4v) is 1.40. The Bertz CT molecular complexity index is 454. The zero-order valence-electron chi connectivity index (χ0n) is 9.64. The minimum atomic E-state index is -0.584. The summed E-state index contributed by atoms with van der Waals surface area (Å²) in [6.07, 6.45) is -0.0759. The molecule has 0 aliphatic heterocycles. The number of ether oxygens (including phenoxy) is 1. The molecule has 0 bridgehead atoms. The van der Waals surface area contributed by atoms with Crippen molar-refractivity contribution in [3.63, 3.8) is 0 Å². The first-order valence-electron chi connectivity index (χ1n) is 5.08. The van der Waals surface area contributed by atoms with Crippen LogP contribution in [0.25, 0.3) is 0 Å². The summed E-state index contributed by atoms with van der Waals surface area (Å²) in [7, 11) is 1.80. The van der Waals surface area contributed by atoms with Gasteiger partial charge in [0.2, 0.25) is 0 Å². The van der Waals surface area contributed by atoms with Gasteiger partial charge in [0.15, 0.2) is 0 Å².